The molecule has 0 unspecified atom stereocenters. The van der Waals surface area contributed by atoms with E-state index in [0.717, 1.165) is 19.3 Å². The standard InChI is InChI=1S/C27H48O4/c1-6-7-8-9-10-11-12-13-14-15-16-17-18-19-20-21-22-25(30-26(28)23(2)3)31-27(29)24(4)5/h25H,2,4,6-22H2,1,3,5H3. The summed E-state index contributed by atoms with van der Waals surface area (Å²) in [5.74, 6) is -1.06. The smallest absolute Gasteiger partial charge is 0.336 e. The van der Waals surface area contributed by atoms with Gasteiger partial charge in [0.2, 0.25) is 6.29 Å². The quantitative estimate of drug-likeness (QED) is 0.0787. The Hall–Kier alpha value is -1.58. The Morgan fingerprint density at radius 2 is 0.871 bits per heavy atom. The lowest BCUT2D eigenvalue weighted by atomic mass is 10.0. The SMILES string of the molecule is C=C(C)C(=O)OC(CCCCCCCCCCCCCCCCCC)OC(=O)C(=C)C. The zero-order chi connectivity index (χ0) is 23.3. The Labute approximate surface area is 191 Å². The van der Waals surface area contributed by atoms with E-state index in [1.54, 1.807) is 13.8 Å². The van der Waals surface area contributed by atoms with Gasteiger partial charge in [0.25, 0.3) is 0 Å². The average molecular weight is 437 g/mol. The third-order valence-electron chi connectivity index (χ3n) is 5.47. The Morgan fingerprint density at radius 1 is 0.581 bits per heavy atom. The number of carbonyl (C=O) groups is 2. The maximum atomic E-state index is 11.7. The summed E-state index contributed by atoms with van der Waals surface area (Å²) in [6, 6.07) is 0. The van der Waals surface area contributed by atoms with Gasteiger partial charge in [-0.1, -0.05) is 116 Å². The molecule has 0 spiro atoms. The molecule has 4 heteroatoms. The maximum Gasteiger partial charge on any atom is 0.336 e. The van der Waals surface area contributed by atoms with Crippen molar-refractivity contribution in [1.29, 1.82) is 0 Å². The lowest BCUT2D eigenvalue weighted by molar-refractivity contribution is -0.183. The van der Waals surface area contributed by atoms with E-state index in [4.69, 9.17) is 9.47 Å². The number of esters is 2. The molecule has 0 amide bonds. The number of carbonyl (C=O) groups excluding carboxylic acids is 2. The highest BCUT2D eigenvalue weighted by Gasteiger charge is 2.19. The first-order valence-corrected chi connectivity index (χ1v) is 12.6. The second-order valence-corrected chi connectivity index (χ2v) is 8.89. The molecule has 0 heterocycles. The predicted molar refractivity (Wildman–Crippen MR) is 130 cm³/mol. The summed E-state index contributed by atoms with van der Waals surface area (Å²) in [5.41, 5.74) is 0.590. The minimum Gasteiger partial charge on any atom is -0.422 e. The Morgan fingerprint density at radius 3 is 1.16 bits per heavy atom. The van der Waals surface area contributed by atoms with Gasteiger partial charge in [0.1, 0.15) is 0 Å². The molecule has 0 N–H and O–H groups in total. The van der Waals surface area contributed by atoms with E-state index in [-0.39, 0.29) is 0 Å². The maximum absolute atomic E-state index is 11.7. The van der Waals surface area contributed by atoms with Crippen molar-refractivity contribution in [1.82, 2.24) is 0 Å². The topological polar surface area (TPSA) is 52.6 Å². The number of hydrogen-bond donors (Lipinski definition) is 0. The lowest BCUT2D eigenvalue weighted by Crippen LogP contribution is -2.25. The molecule has 0 aliphatic rings. The van der Waals surface area contributed by atoms with E-state index in [9.17, 15) is 9.59 Å². The van der Waals surface area contributed by atoms with Crippen LogP contribution in [0.4, 0.5) is 0 Å². The van der Waals surface area contributed by atoms with Crippen LogP contribution in [-0.4, -0.2) is 18.2 Å². The number of rotatable bonds is 21. The first-order valence-electron chi connectivity index (χ1n) is 12.6. The lowest BCUT2D eigenvalue weighted by Gasteiger charge is -2.18. The summed E-state index contributed by atoms with van der Waals surface area (Å²) in [6.07, 6.45) is 20.5. The summed E-state index contributed by atoms with van der Waals surface area (Å²) in [6.45, 7) is 12.6. The molecule has 0 saturated carbocycles. The van der Waals surface area contributed by atoms with Crippen molar-refractivity contribution in [2.24, 2.45) is 0 Å². The molecule has 0 fully saturated rings. The van der Waals surface area contributed by atoms with Gasteiger partial charge < -0.3 is 9.47 Å². The first kappa shape index (κ1) is 29.4. The number of ether oxygens (including phenoxy) is 2. The minimum absolute atomic E-state index is 0.295. The minimum atomic E-state index is -0.861. The van der Waals surface area contributed by atoms with Crippen molar-refractivity contribution in [2.75, 3.05) is 0 Å². The summed E-state index contributed by atoms with van der Waals surface area (Å²) >= 11 is 0. The Bertz CT molecular complexity index is 481. The summed E-state index contributed by atoms with van der Waals surface area (Å²) in [4.78, 5) is 23.5. The van der Waals surface area contributed by atoms with Crippen molar-refractivity contribution >= 4 is 11.9 Å². The number of hydrogen-bond acceptors (Lipinski definition) is 4. The van der Waals surface area contributed by atoms with Crippen molar-refractivity contribution < 1.29 is 19.1 Å². The Balaban J connectivity index is 3.67. The van der Waals surface area contributed by atoms with Gasteiger partial charge in [0.15, 0.2) is 0 Å². The van der Waals surface area contributed by atoms with Crippen molar-refractivity contribution in [3.63, 3.8) is 0 Å². The van der Waals surface area contributed by atoms with Crippen molar-refractivity contribution in [2.45, 2.75) is 136 Å². The molecule has 0 aliphatic heterocycles. The third-order valence-corrected chi connectivity index (χ3v) is 5.47. The highest BCUT2D eigenvalue weighted by Crippen LogP contribution is 2.16. The monoisotopic (exact) mass is 436 g/mol. The molecule has 4 nitrogen and oxygen atoms in total. The zero-order valence-electron chi connectivity index (χ0n) is 20.6. The molecule has 0 atom stereocenters. The summed E-state index contributed by atoms with van der Waals surface area (Å²) in [7, 11) is 0. The predicted octanol–water partition coefficient (Wildman–Crippen LogP) is 8.20. The van der Waals surface area contributed by atoms with Crippen LogP contribution in [0.15, 0.2) is 24.3 Å². The van der Waals surface area contributed by atoms with Gasteiger partial charge in [-0.05, 0) is 20.3 Å². The van der Waals surface area contributed by atoms with Crippen LogP contribution in [-0.2, 0) is 19.1 Å². The fraction of sp³-hybridized carbons (Fsp3) is 0.778. The average Bonchev–Trinajstić information content (AvgIpc) is 2.72. The van der Waals surface area contributed by atoms with Gasteiger partial charge in [-0.25, -0.2) is 9.59 Å². The van der Waals surface area contributed by atoms with Gasteiger partial charge in [0, 0.05) is 17.6 Å². The van der Waals surface area contributed by atoms with Crippen LogP contribution in [0, 0.1) is 0 Å². The van der Waals surface area contributed by atoms with E-state index in [2.05, 4.69) is 20.1 Å². The van der Waals surface area contributed by atoms with E-state index in [1.807, 2.05) is 0 Å². The second kappa shape index (κ2) is 20.3. The molecule has 0 radical (unpaired) electrons. The van der Waals surface area contributed by atoms with Crippen LogP contribution in [0.1, 0.15) is 130 Å². The highest BCUT2D eigenvalue weighted by atomic mass is 16.7. The Kier molecular flexibility index (Phi) is 19.3. The summed E-state index contributed by atoms with van der Waals surface area (Å²) in [5, 5.41) is 0. The van der Waals surface area contributed by atoms with Gasteiger partial charge >= 0.3 is 11.9 Å². The van der Waals surface area contributed by atoms with Crippen molar-refractivity contribution in [3.05, 3.63) is 24.3 Å². The van der Waals surface area contributed by atoms with E-state index < -0.39 is 18.2 Å². The highest BCUT2D eigenvalue weighted by molar-refractivity contribution is 5.88. The molecular weight excluding hydrogens is 388 g/mol. The molecule has 0 aromatic carbocycles. The van der Waals surface area contributed by atoms with Crippen LogP contribution in [0.5, 0.6) is 0 Å². The van der Waals surface area contributed by atoms with Crippen LogP contribution in [0.2, 0.25) is 0 Å². The fourth-order valence-corrected chi connectivity index (χ4v) is 3.44. The molecule has 180 valence electrons. The summed E-state index contributed by atoms with van der Waals surface area (Å²) < 4.78 is 10.5. The van der Waals surface area contributed by atoms with Crippen LogP contribution < -0.4 is 0 Å². The van der Waals surface area contributed by atoms with Crippen LogP contribution in [0.25, 0.3) is 0 Å². The molecule has 0 aromatic rings. The largest absolute Gasteiger partial charge is 0.422 e. The molecular formula is C27H48O4. The zero-order valence-corrected chi connectivity index (χ0v) is 20.6. The third kappa shape index (κ3) is 18.9. The van der Waals surface area contributed by atoms with Gasteiger partial charge in [0.05, 0.1) is 0 Å². The van der Waals surface area contributed by atoms with E-state index in [1.165, 1.54) is 83.5 Å². The molecule has 0 aromatic heterocycles. The van der Waals surface area contributed by atoms with Crippen LogP contribution >= 0.6 is 0 Å². The van der Waals surface area contributed by atoms with Crippen molar-refractivity contribution in [3.8, 4) is 0 Å². The molecule has 0 aliphatic carbocycles. The first-order chi connectivity index (χ1) is 14.9. The van der Waals surface area contributed by atoms with E-state index >= 15 is 0 Å². The second-order valence-electron chi connectivity index (χ2n) is 8.89. The van der Waals surface area contributed by atoms with Gasteiger partial charge in [-0.3, -0.25) is 0 Å². The molecule has 0 rings (SSSR count). The number of unbranched alkanes of at least 4 members (excludes halogenated alkanes) is 15. The normalized spacial score (nSPS) is 10.8. The van der Waals surface area contributed by atoms with Gasteiger partial charge in [-0.2, -0.15) is 0 Å². The molecule has 0 bridgehead atoms. The molecule has 0 saturated heterocycles. The van der Waals surface area contributed by atoms with Gasteiger partial charge in [-0.15, -0.1) is 0 Å². The van der Waals surface area contributed by atoms with E-state index in [0.29, 0.717) is 17.6 Å². The van der Waals surface area contributed by atoms with Crippen LogP contribution in [0.3, 0.4) is 0 Å². The fourth-order valence-electron chi connectivity index (χ4n) is 3.44. The molecule has 31 heavy (non-hydrogen) atoms.